The molecule has 200 valence electrons. The van der Waals surface area contributed by atoms with E-state index in [9.17, 15) is 35.9 Å². The fraction of sp³-hybridized carbons (Fsp3) is 0.435. The predicted octanol–water partition coefficient (Wildman–Crippen LogP) is 4.75. The summed E-state index contributed by atoms with van der Waals surface area (Å²) in [5, 5.41) is 2.55. The lowest BCUT2D eigenvalue weighted by molar-refractivity contribution is -0.143. The third-order valence-corrected chi connectivity index (χ3v) is 6.04. The van der Waals surface area contributed by atoms with E-state index in [2.05, 4.69) is 10.3 Å². The van der Waals surface area contributed by atoms with Crippen LogP contribution in [0.5, 0.6) is 0 Å². The van der Waals surface area contributed by atoms with Crippen molar-refractivity contribution in [3.63, 3.8) is 0 Å². The molecule has 0 spiro atoms. The van der Waals surface area contributed by atoms with E-state index in [1.165, 1.54) is 6.92 Å². The van der Waals surface area contributed by atoms with Crippen LogP contribution in [0.2, 0.25) is 0 Å². The lowest BCUT2D eigenvalue weighted by Gasteiger charge is -2.29. The lowest BCUT2D eigenvalue weighted by Crippen LogP contribution is -2.44. The van der Waals surface area contributed by atoms with E-state index in [0.29, 0.717) is 54.7 Å². The van der Waals surface area contributed by atoms with Gasteiger partial charge in [0, 0.05) is 31.4 Å². The maximum absolute atomic E-state index is 13.3. The number of hydrogen-bond acceptors (Lipinski definition) is 6. The van der Waals surface area contributed by atoms with E-state index >= 15 is 0 Å². The number of pyridine rings is 1. The topological polar surface area (TPSA) is 84.0 Å². The Morgan fingerprint density at radius 3 is 2.30 bits per heavy atom. The van der Waals surface area contributed by atoms with Gasteiger partial charge in [-0.1, -0.05) is 6.07 Å². The van der Waals surface area contributed by atoms with Gasteiger partial charge >= 0.3 is 24.5 Å². The Bertz CT molecular complexity index is 1130. The van der Waals surface area contributed by atoms with Crippen LogP contribution >= 0.6 is 0 Å². The number of benzene rings is 1. The second-order valence-electron chi connectivity index (χ2n) is 8.50. The first-order chi connectivity index (χ1) is 17.4. The standard InChI is InChI=1S/C23H22F6N4O4/c1-13-18(15-9-16(22(24,25)26)11-17(10-15)23(27,28)29)37-21(35)33(13)20(34)31-12-14-3-2-4-30-19(14)32-5-7-36-8-6-32/h2-4,9-11,13,18H,5-8,12H2,1H3,(H,31,34)/t13-,18-/m0/s1. The molecule has 2 aliphatic rings. The molecule has 2 fully saturated rings. The number of halogens is 6. The minimum Gasteiger partial charge on any atom is -0.439 e. The van der Waals surface area contributed by atoms with Crippen molar-refractivity contribution < 1.29 is 45.4 Å². The van der Waals surface area contributed by atoms with Gasteiger partial charge in [-0.3, -0.25) is 0 Å². The molecule has 0 saturated carbocycles. The molecule has 14 heteroatoms. The summed E-state index contributed by atoms with van der Waals surface area (Å²) in [6, 6.07) is 2.23. The number of nitrogens with one attached hydrogen (secondary N) is 1. The average molecular weight is 532 g/mol. The van der Waals surface area contributed by atoms with Gasteiger partial charge in [0.2, 0.25) is 0 Å². The second-order valence-corrected chi connectivity index (χ2v) is 8.50. The number of urea groups is 1. The highest BCUT2D eigenvalue weighted by atomic mass is 19.4. The number of morpholine rings is 1. The number of carbonyl (C=O) groups excluding carboxylic acids is 2. The number of anilines is 1. The number of cyclic esters (lactones) is 1. The number of rotatable bonds is 4. The van der Waals surface area contributed by atoms with Crippen molar-refractivity contribution >= 4 is 17.9 Å². The average Bonchev–Trinajstić information content (AvgIpc) is 3.15. The van der Waals surface area contributed by atoms with E-state index in [0.717, 1.165) is 0 Å². The molecule has 3 heterocycles. The first-order valence-corrected chi connectivity index (χ1v) is 11.2. The number of carbonyl (C=O) groups is 2. The molecule has 2 atom stereocenters. The molecule has 1 N–H and O–H groups in total. The Morgan fingerprint density at radius 1 is 1.08 bits per heavy atom. The Hall–Kier alpha value is -3.55. The molecule has 0 aliphatic carbocycles. The third-order valence-electron chi connectivity index (χ3n) is 6.04. The zero-order valence-corrected chi connectivity index (χ0v) is 19.4. The molecule has 1 aromatic carbocycles. The third kappa shape index (κ3) is 5.73. The van der Waals surface area contributed by atoms with Gasteiger partial charge in [-0.05, 0) is 36.8 Å². The minimum absolute atomic E-state index is 0.0185. The van der Waals surface area contributed by atoms with Crippen LogP contribution in [0, 0.1) is 0 Å². The summed E-state index contributed by atoms with van der Waals surface area (Å²) >= 11 is 0. The molecule has 3 amide bonds. The van der Waals surface area contributed by atoms with Gasteiger partial charge in [-0.2, -0.15) is 26.3 Å². The first kappa shape index (κ1) is 26.5. The zero-order chi connectivity index (χ0) is 27.0. The normalized spacial score (nSPS) is 20.7. The van der Waals surface area contributed by atoms with Crippen molar-refractivity contribution in [3.05, 3.63) is 58.8 Å². The Morgan fingerprint density at radius 2 is 1.70 bits per heavy atom. The summed E-state index contributed by atoms with van der Waals surface area (Å²) in [7, 11) is 0. The van der Waals surface area contributed by atoms with Crippen LogP contribution in [0.3, 0.4) is 0 Å². The molecule has 1 aromatic heterocycles. The van der Waals surface area contributed by atoms with Crippen LogP contribution in [0.4, 0.5) is 41.7 Å². The molecule has 0 radical (unpaired) electrons. The van der Waals surface area contributed by atoms with Crippen LogP contribution in [0.15, 0.2) is 36.5 Å². The molecular weight excluding hydrogens is 510 g/mol. The van der Waals surface area contributed by atoms with Gasteiger partial charge in [0.1, 0.15) is 11.9 Å². The van der Waals surface area contributed by atoms with Crippen molar-refractivity contribution in [3.8, 4) is 0 Å². The molecule has 4 rings (SSSR count). The van der Waals surface area contributed by atoms with E-state index < -0.39 is 53.3 Å². The second kappa shape index (κ2) is 10.1. The zero-order valence-electron chi connectivity index (χ0n) is 19.4. The maximum atomic E-state index is 13.3. The van der Waals surface area contributed by atoms with Gasteiger partial charge in [-0.25, -0.2) is 19.5 Å². The lowest BCUT2D eigenvalue weighted by atomic mass is 9.97. The fourth-order valence-electron chi connectivity index (χ4n) is 4.21. The molecule has 0 bridgehead atoms. The van der Waals surface area contributed by atoms with Crippen molar-refractivity contribution in [1.82, 2.24) is 15.2 Å². The van der Waals surface area contributed by atoms with E-state index in [1.807, 2.05) is 4.90 Å². The summed E-state index contributed by atoms with van der Waals surface area (Å²) in [5.41, 5.74) is -2.98. The number of hydrogen-bond donors (Lipinski definition) is 1. The molecule has 0 unspecified atom stereocenters. The van der Waals surface area contributed by atoms with Crippen molar-refractivity contribution in [2.45, 2.75) is 38.0 Å². The molecule has 37 heavy (non-hydrogen) atoms. The number of aromatic nitrogens is 1. The van der Waals surface area contributed by atoms with Gasteiger partial charge in [-0.15, -0.1) is 0 Å². The monoisotopic (exact) mass is 532 g/mol. The highest BCUT2D eigenvalue weighted by molar-refractivity contribution is 5.92. The van der Waals surface area contributed by atoms with E-state index in [1.54, 1.807) is 18.3 Å². The van der Waals surface area contributed by atoms with E-state index in [-0.39, 0.29) is 12.6 Å². The first-order valence-electron chi connectivity index (χ1n) is 11.2. The van der Waals surface area contributed by atoms with Gasteiger partial charge in [0.15, 0.2) is 0 Å². The van der Waals surface area contributed by atoms with Crippen molar-refractivity contribution in [1.29, 1.82) is 0 Å². The molecule has 2 saturated heterocycles. The molecule has 8 nitrogen and oxygen atoms in total. The Labute approximate surface area is 207 Å². The summed E-state index contributed by atoms with van der Waals surface area (Å²) in [6.07, 6.45) is -11.3. The number of nitrogens with zero attached hydrogens (tertiary/aromatic N) is 3. The molecule has 2 aromatic rings. The minimum atomic E-state index is -5.07. The highest BCUT2D eigenvalue weighted by Gasteiger charge is 2.45. The smallest absolute Gasteiger partial charge is 0.419 e. The molecular formula is C23H22F6N4O4. The number of imide groups is 1. The largest absolute Gasteiger partial charge is 0.439 e. The number of amides is 3. The predicted molar refractivity (Wildman–Crippen MR) is 116 cm³/mol. The highest BCUT2D eigenvalue weighted by Crippen LogP contribution is 2.40. The Balaban J connectivity index is 1.52. The van der Waals surface area contributed by atoms with Crippen LogP contribution in [-0.4, -0.2) is 54.4 Å². The summed E-state index contributed by atoms with van der Waals surface area (Å²) in [4.78, 5) is 32.3. The van der Waals surface area contributed by atoms with Gasteiger partial charge < -0.3 is 19.7 Å². The SMILES string of the molecule is C[C@H]1[C@@H](c2cc(C(F)(F)F)cc(C(F)(F)F)c2)OC(=O)N1C(=O)NCc1cccnc1N1CCOCC1. The van der Waals surface area contributed by atoms with Gasteiger partial charge in [0.25, 0.3) is 0 Å². The summed E-state index contributed by atoms with van der Waals surface area (Å²) < 4.78 is 90.0. The van der Waals surface area contributed by atoms with Crippen LogP contribution in [-0.2, 0) is 28.4 Å². The number of ether oxygens (including phenoxy) is 2. The Kier molecular flexibility index (Phi) is 7.22. The maximum Gasteiger partial charge on any atom is 0.419 e. The number of alkyl halides is 6. The van der Waals surface area contributed by atoms with Crippen molar-refractivity contribution in [2.75, 3.05) is 31.2 Å². The van der Waals surface area contributed by atoms with Crippen LogP contribution in [0.1, 0.15) is 35.3 Å². The van der Waals surface area contributed by atoms with E-state index in [4.69, 9.17) is 9.47 Å². The fourth-order valence-corrected chi connectivity index (χ4v) is 4.21. The van der Waals surface area contributed by atoms with Crippen LogP contribution < -0.4 is 10.2 Å². The van der Waals surface area contributed by atoms with Gasteiger partial charge in [0.05, 0.1) is 30.4 Å². The van der Waals surface area contributed by atoms with Crippen molar-refractivity contribution in [2.24, 2.45) is 0 Å². The quantitative estimate of drug-likeness (QED) is 0.573. The molecule has 2 aliphatic heterocycles. The summed E-state index contributed by atoms with van der Waals surface area (Å²) in [5.74, 6) is 0.615. The summed E-state index contributed by atoms with van der Waals surface area (Å²) in [6.45, 7) is 3.45. The van der Waals surface area contributed by atoms with Crippen LogP contribution in [0.25, 0.3) is 0 Å².